The molecule has 2 rings (SSSR count). The normalized spacial score (nSPS) is 31.9. The summed E-state index contributed by atoms with van der Waals surface area (Å²) in [7, 11) is 0. The molecule has 0 aromatic rings. The van der Waals surface area contributed by atoms with Gasteiger partial charge in [0.1, 0.15) is 0 Å². The predicted octanol–water partition coefficient (Wildman–Crippen LogP) is 0.00480. The van der Waals surface area contributed by atoms with Gasteiger partial charge in [-0.05, 0) is 19.3 Å². The molecule has 0 fully saturated rings. The summed E-state index contributed by atoms with van der Waals surface area (Å²) in [5.74, 6) is 0.843. The molecule has 0 aromatic carbocycles. The second kappa shape index (κ2) is 4.46. The highest BCUT2D eigenvalue weighted by atomic mass is 16.3. The average Bonchev–Trinajstić information content (AvgIpc) is 2.23. The SMILES string of the molecule is OC1CN=C(NC2CC=CCC2)NC1. The van der Waals surface area contributed by atoms with E-state index in [1.54, 1.807) is 0 Å². The molecular formula is C10H17N3O. The highest BCUT2D eigenvalue weighted by Crippen LogP contribution is 2.10. The van der Waals surface area contributed by atoms with Crippen molar-refractivity contribution in [2.24, 2.45) is 4.99 Å². The van der Waals surface area contributed by atoms with E-state index in [9.17, 15) is 5.11 Å². The molecule has 1 aliphatic heterocycles. The second-order valence-corrected chi connectivity index (χ2v) is 3.85. The maximum atomic E-state index is 9.22. The first kappa shape index (κ1) is 9.52. The molecule has 78 valence electrons. The van der Waals surface area contributed by atoms with E-state index < -0.39 is 0 Å². The molecule has 2 unspecified atom stereocenters. The summed E-state index contributed by atoms with van der Waals surface area (Å²) in [5.41, 5.74) is 0. The molecule has 2 aliphatic rings. The summed E-state index contributed by atoms with van der Waals surface area (Å²) in [4.78, 5) is 4.22. The molecule has 4 nitrogen and oxygen atoms in total. The zero-order valence-corrected chi connectivity index (χ0v) is 8.24. The van der Waals surface area contributed by atoms with Crippen molar-refractivity contribution < 1.29 is 5.11 Å². The van der Waals surface area contributed by atoms with Gasteiger partial charge in [0.05, 0.1) is 12.6 Å². The van der Waals surface area contributed by atoms with Gasteiger partial charge in [0.2, 0.25) is 0 Å². The summed E-state index contributed by atoms with van der Waals surface area (Å²) in [6, 6.07) is 0.501. The Hall–Kier alpha value is -1.03. The number of hydrogen-bond acceptors (Lipinski definition) is 4. The smallest absolute Gasteiger partial charge is 0.191 e. The van der Waals surface area contributed by atoms with Crippen LogP contribution in [0.4, 0.5) is 0 Å². The number of hydrogen-bond donors (Lipinski definition) is 3. The van der Waals surface area contributed by atoms with Crippen LogP contribution in [0.1, 0.15) is 19.3 Å². The third-order valence-electron chi connectivity index (χ3n) is 2.58. The Kier molecular flexibility index (Phi) is 3.03. The van der Waals surface area contributed by atoms with Gasteiger partial charge in [-0.1, -0.05) is 12.2 Å². The van der Waals surface area contributed by atoms with E-state index in [0.29, 0.717) is 19.1 Å². The Morgan fingerprint density at radius 1 is 1.50 bits per heavy atom. The molecule has 4 heteroatoms. The number of guanidine groups is 1. The highest BCUT2D eigenvalue weighted by Gasteiger charge is 2.15. The number of aliphatic hydroxyl groups is 1. The standard InChI is InChI=1S/C10H17N3O/c14-9-6-11-10(12-7-9)13-8-4-2-1-3-5-8/h1-2,8-9,14H,3-7H2,(H2,11,12,13). The molecule has 0 amide bonds. The van der Waals surface area contributed by atoms with E-state index in [0.717, 1.165) is 18.8 Å². The zero-order chi connectivity index (χ0) is 9.80. The lowest BCUT2D eigenvalue weighted by Crippen LogP contribution is -2.49. The molecule has 0 saturated heterocycles. The van der Waals surface area contributed by atoms with Crippen LogP contribution >= 0.6 is 0 Å². The summed E-state index contributed by atoms with van der Waals surface area (Å²) in [5, 5.41) is 15.7. The van der Waals surface area contributed by atoms with Gasteiger partial charge >= 0.3 is 0 Å². The number of nitrogens with one attached hydrogen (secondary N) is 2. The van der Waals surface area contributed by atoms with Gasteiger partial charge in [-0.25, -0.2) is 0 Å². The largest absolute Gasteiger partial charge is 0.389 e. The summed E-state index contributed by atoms with van der Waals surface area (Å²) >= 11 is 0. The van der Waals surface area contributed by atoms with E-state index in [2.05, 4.69) is 27.8 Å². The van der Waals surface area contributed by atoms with Gasteiger partial charge in [-0.3, -0.25) is 4.99 Å². The first-order valence-corrected chi connectivity index (χ1v) is 5.22. The summed E-state index contributed by atoms with van der Waals surface area (Å²) in [6.07, 6.45) is 7.49. The maximum absolute atomic E-state index is 9.22. The fourth-order valence-electron chi connectivity index (χ4n) is 1.75. The fraction of sp³-hybridized carbons (Fsp3) is 0.700. The van der Waals surface area contributed by atoms with Gasteiger partial charge in [0.15, 0.2) is 5.96 Å². The Balaban J connectivity index is 1.82. The lowest BCUT2D eigenvalue weighted by Gasteiger charge is -2.25. The topological polar surface area (TPSA) is 56.7 Å². The zero-order valence-electron chi connectivity index (χ0n) is 8.24. The molecule has 14 heavy (non-hydrogen) atoms. The van der Waals surface area contributed by atoms with Crippen molar-refractivity contribution in [2.45, 2.75) is 31.4 Å². The van der Waals surface area contributed by atoms with Crippen molar-refractivity contribution in [3.63, 3.8) is 0 Å². The van der Waals surface area contributed by atoms with Crippen molar-refractivity contribution in [1.29, 1.82) is 0 Å². The number of β-amino-alcohol motifs (C(OH)–C–C–N with tert-alkyl or cyclic N) is 1. The van der Waals surface area contributed by atoms with Gasteiger partial charge in [-0.15, -0.1) is 0 Å². The Morgan fingerprint density at radius 2 is 2.43 bits per heavy atom. The number of nitrogens with zero attached hydrogens (tertiary/aromatic N) is 1. The van der Waals surface area contributed by atoms with E-state index in [1.165, 1.54) is 6.42 Å². The fourth-order valence-corrected chi connectivity index (χ4v) is 1.75. The third-order valence-corrected chi connectivity index (χ3v) is 2.58. The van der Waals surface area contributed by atoms with Crippen LogP contribution in [0.25, 0.3) is 0 Å². The Labute approximate surface area is 84.1 Å². The quantitative estimate of drug-likeness (QED) is 0.516. The molecule has 0 saturated carbocycles. The number of allylic oxidation sites excluding steroid dienone is 1. The van der Waals surface area contributed by atoms with Crippen LogP contribution in [0.15, 0.2) is 17.1 Å². The predicted molar refractivity (Wildman–Crippen MR) is 56.2 cm³/mol. The molecule has 0 bridgehead atoms. The molecular weight excluding hydrogens is 178 g/mol. The van der Waals surface area contributed by atoms with Crippen LogP contribution in [-0.2, 0) is 0 Å². The van der Waals surface area contributed by atoms with Crippen molar-refractivity contribution in [1.82, 2.24) is 10.6 Å². The van der Waals surface area contributed by atoms with Crippen LogP contribution in [0, 0.1) is 0 Å². The van der Waals surface area contributed by atoms with Crippen molar-refractivity contribution in [3.8, 4) is 0 Å². The molecule has 0 radical (unpaired) electrons. The molecule has 1 aliphatic carbocycles. The number of rotatable bonds is 1. The van der Waals surface area contributed by atoms with Crippen molar-refractivity contribution in [2.75, 3.05) is 13.1 Å². The minimum atomic E-state index is -0.327. The van der Waals surface area contributed by atoms with Crippen LogP contribution in [0.2, 0.25) is 0 Å². The summed E-state index contributed by atoms with van der Waals surface area (Å²) in [6.45, 7) is 1.12. The third kappa shape index (κ3) is 2.48. The minimum Gasteiger partial charge on any atom is -0.389 e. The minimum absolute atomic E-state index is 0.327. The van der Waals surface area contributed by atoms with E-state index in [1.807, 2.05) is 0 Å². The Morgan fingerprint density at radius 3 is 3.07 bits per heavy atom. The molecule has 0 aromatic heterocycles. The van der Waals surface area contributed by atoms with Gasteiger partial charge in [0, 0.05) is 12.6 Å². The Bertz CT molecular complexity index is 250. The molecule has 1 heterocycles. The van der Waals surface area contributed by atoms with Crippen LogP contribution in [0.3, 0.4) is 0 Å². The average molecular weight is 195 g/mol. The lowest BCUT2D eigenvalue weighted by molar-refractivity contribution is 0.180. The number of aliphatic hydroxyl groups excluding tert-OH is 1. The molecule has 2 atom stereocenters. The van der Waals surface area contributed by atoms with Gasteiger partial charge < -0.3 is 15.7 Å². The van der Waals surface area contributed by atoms with Crippen LogP contribution in [0.5, 0.6) is 0 Å². The van der Waals surface area contributed by atoms with E-state index in [4.69, 9.17) is 0 Å². The highest BCUT2D eigenvalue weighted by molar-refractivity contribution is 5.80. The molecule has 0 spiro atoms. The number of aliphatic imine (C=N–C) groups is 1. The summed E-state index contributed by atoms with van der Waals surface area (Å²) < 4.78 is 0. The first-order chi connectivity index (χ1) is 6.84. The molecule has 3 N–H and O–H groups in total. The van der Waals surface area contributed by atoms with Gasteiger partial charge in [-0.2, -0.15) is 0 Å². The maximum Gasteiger partial charge on any atom is 0.191 e. The second-order valence-electron chi connectivity index (χ2n) is 3.85. The first-order valence-electron chi connectivity index (χ1n) is 5.22. The van der Waals surface area contributed by atoms with Crippen LogP contribution < -0.4 is 10.6 Å². The van der Waals surface area contributed by atoms with Crippen molar-refractivity contribution in [3.05, 3.63) is 12.2 Å². The lowest BCUT2D eigenvalue weighted by atomic mass is 10.0. The van der Waals surface area contributed by atoms with E-state index >= 15 is 0 Å². The van der Waals surface area contributed by atoms with E-state index in [-0.39, 0.29) is 6.10 Å². The van der Waals surface area contributed by atoms with Crippen molar-refractivity contribution >= 4 is 5.96 Å². The monoisotopic (exact) mass is 195 g/mol. The van der Waals surface area contributed by atoms with Crippen LogP contribution in [-0.4, -0.2) is 36.3 Å². The van der Waals surface area contributed by atoms with Gasteiger partial charge in [0.25, 0.3) is 0 Å².